The van der Waals surface area contributed by atoms with E-state index in [-0.39, 0.29) is 18.5 Å². The molecule has 3 rings (SSSR count). The molecule has 1 aromatic carbocycles. The Morgan fingerprint density at radius 2 is 1.89 bits per heavy atom. The highest BCUT2D eigenvalue weighted by Gasteiger charge is 2.28. The average Bonchev–Trinajstić information content (AvgIpc) is 2.67. The summed E-state index contributed by atoms with van der Waals surface area (Å²) in [6, 6.07) is 8.65. The molecule has 2 N–H and O–H groups in total. The van der Waals surface area contributed by atoms with Gasteiger partial charge >= 0.3 is 0 Å². The molecule has 1 unspecified atom stereocenters. The fourth-order valence-corrected chi connectivity index (χ4v) is 3.82. The minimum Gasteiger partial charge on any atom is -0.493 e. The summed E-state index contributed by atoms with van der Waals surface area (Å²) in [6.45, 7) is 5.50. The zero-order valence-corrected chi connectivity index (χ0v) is 17.6. The van der Waals surface area contributed by atoms with Gasteiger partial charge in [-0.3, -0.25) is 4.79 Å². The Bertz CT molecular complexity index is 704. The van der Waals surface area contributed by atoms with Crippen molar-refractivity contribution in [3.8, 4) is 5.75 Å². The molecule has 0 saturated heterocycles. The van der Waals surface area contributed by atoms with Gasteiger partial charge < -0.3 is 20.3 Å². The molecule has 1 aliphatic carbocycles. The molecule has 1 saturated carbocycles. The quantitative estimate of drug-likeness (QED) is 0.616. The maximum absolute atomic E-state index is 12.1. The van der Waals surface area contributed by atoms with Crippen LogP contribution in [0.2, 0.25) is 0 Å². The number of nitrogens with zero attached hydrogens (tertiary/aromatic N) is 2. The third kappa shape index (κ3) is 5.40. The molecule has 1 amide bonds. The van der Waals surface area contributed by atoms with Gasteiger partial charge in [0.15, 0.2) is 5.96 Å². The van der Waals surface area contributed by atoms with Crippen LogP contribution in [0.25, 0.3) is 0 Å². The lowest BCUT2D eigenvalue weighted by atomic mass is 9.75. The smallest absolute Gasteiger partial charge is 0.243 e. The number of benzene rings is 1. The summed E-state index contributed by atoms with van der Waals surface area (Å²) >= 11 is 0. The van der Waals surface area contributed by atoms with Gasteiger partial charge in [-0.05, 0) is 37.2 Å². The first-order chi connectivity index (χ1) is 13.3. The van der Waals surface area contributed by atoms with Crippen LogP contribution in [-0.4, -0.2) is 50.1 Å². The van der Waals surface area contributed by atoms with E-state index in [4.69, 9.17) is 4.74 Å². The Kier molecular flexibility index (Phi) is 6.47. The predicted molar refractivity (Wildman–Crippen MR) is 113 cm³/mol. The first-order valence-corrected chi connectivity index (χ1v) is 10.3. The molecule has 1 atom stereocenters. The van der Waals surface area contributed by atoms with Crippen LogP contribution in [0.15, 0.2) is 29.3 Å². The summed E-state index contributed by atoms with van der Waals surface area (Å²) in [5, 5.41) is 7.16. The SMILES string of the molecule is CN(C)C(=O)CN=C(NC1CCC(C)(C)CC1)NC1CCOc2ccccc21. The van der Waals surface area contributed by atoms with E-state index in [1.165, 1.54) is 12.8 Å². The van der Waals surface area contributed by atoms with Gasteiger partial charge in [0.1, 0.15) is 12.3 Å². The Morgan fingerprint density at radius 3 is 2.61 bits per heavy atom. The molecule has 1 fully saturated rings. The minimum absolute atomic E-state index is 0.00162. The van der Waals surface area contributed by atoms with E-state index in [1.807, 2.05) is 18.2 Å². The second kappa shape index (κ2) is 8.84. The molecular weight excluding hydrogens is 352 g/mol. The molecule has 1 aliphatic heterocycles. The van der Waals surface area contributed by atoms with Crippen LogP contribution < -0.4 is 15.4 Å². The van der Waals surface area contributed by atoms with Crippen LogP contribution in [0.3, 0.4) is 0 Å². The Hall–Kier alpha value is -2.24. The lowest BCUT2D eigenvalue weighted by molar-refractivity contribution is -0.127. The van der Waals surface area contributed by atoms with Crippen molar-refractivity contribution in [2.45, 2.75) is 58.0 Å². The summed E-state index contributed by atoms with van der Waals surface area (Å²) < 4.78 is 5.78. The highest BCUT2D eigenvalue weighted by atomic mass is 16.5. The molecule has 0 spiro atoms. The summed E-state index contributed by atoms with van der Waals surface area (Å²) in [5.74, 6) is 1.65. The van der Waals surface area contributed by atoms with Gasteiger partial charge in [0.05, 0.1) is 12.6 Å². The molecule has 6 nitrogen and oxygen atoms in total. The summed E-state index contributed by atoms with van der Waals surface area (Å²) in [5.41, 5.74) is 1.57. The van der Waals surface area contributed by atoms with Crippen LogP contribution >= 0.6 is 0 Å². The molecule has 154 valence electrons. The van der Waals surface area contributed by atoms with Gasteiger partial charge in [0.2, 0.25) is 5.91 Å². The summed E-state index contributed by atoms with van der Waals surface area (Å²) in [6.07, 6.45) is 5.53. The molecule has 0 bridgehead atoms. The molecule has 6 heteroatoms. The van der Waals surface area contributed by atoms with Crippen molar-refractivity contribution in [2.24, 2.45) is 10.4 Å². The van der Waals surface area contributed by atoms with Gasteiger partial charge in [-0.15, -0.1) is 0 Å². The number of ether oxygens (including phenoxy) is 1. The second-order valence-electron chi connectivity index (χ2n) is 8.91. The molecule has 28 heavy (non-hydrogen) atoms. The number of guanidine groups is 1. The molecule has 1 heterocycles. The number of carbonyl (C=O) groups is 1. The summed E-state index contributed by atoms with van der Waals surface area (Å²) in [7, 11) is 3.52. The van der Waals surface area contributed by atoms with Gasteiger partial charge in [-0.1, -0.05) is 32.0 Å². The fourth-order valence-electron chi connectivity index (χ4n) is 3.82. The molecule has 0 aromatic heterocycles. The lowest BCUT2D eigenvalue weighted by Gasteiger charge is -2.36. The van der Waals surface area contributed by atoms with Crippen molar-refractivity contribution in [3.05, 3.63) is 29.8 Å². The van der Waals surface area contributed by atoms with Crippen molar-refractivity contribution >= 4 is 11.9 Å². The number of para-hydroxylation sites is 1. The highest BCUT2D eigenvalue weighted by Crippen LogP contribution is 2.35. The third-order valence-electron chi connectivity index (χ3n) is 5.82. The first kappa shape index (κ1) is 20.5. The molecule has 0 radical (unpaired) electrons. The Morgan fingerprint density at radius 1 is 1.18 bits per heavy atom. The number of aliphatic imine (C=N–C) groups is 1. The van der Waals surface area contributed by atoms with Crippen LogP contribution in [0.5, 0.6) is 5.75 Å². The largest absolute Gasteiger partial charge is 0.493 e. The van der Waals surface area contributed by atoms with E-state index in [2.05, 4.69) is 35.5 Å². The van der Waals surface area contributed by atoms with Crippen molar-refractivity contribution < 1.29 is 9.53 Å². The number of rotatable bonds is 4. The fraction of sp³-hybridized carbons (Fsp3) is 0.636. The monoisotopic (exact) mass is 386 g/mol. The predicted octanol–water partition coefficient (Wildman–Crippen LogP) is 3.10. The van der Waals surface area contributed by atoms with Gasteiger partial charge in [-0.2, -0.15) is 0 Å². The number of likely N-dealkylation sites (N-methyl/N-ethyl adjacent to an activating group) is 1. The molecule has 2 aliphatic rings. The van der Waals surface area contributed by atoms with E-state index in [0.29, 0.717) is 18.1 Å². The Balaban J connectivity index is 1.71. The highest BCUT2D eigenvalue weighted by molar-refractivity contribution is 5.85. The van der Waals surface area contributed by atoms with Gasteiger partial charge in [0, 0.05) is 32.1 Å². The van der Waals surface area contributed by atoms with Gasteiger partial charge in [0.25, 0.3) is 0 Å². The lowest BCUT2D eigenvalue weighted by Crippen LogP contribution is -2.47. The number of hydrogen-bond acceptors (Lipinski definition) is 3. The van der Waals surface area contributed by atoms with E-state index >= 15 is 0 Å². The van der Waals surface area contributed by atoms with E-state index in [0.717, 1.165) is 36.5 Å². The summed E-state index contributed by atoms with van der Waals surface area (Å²) in [4.78, 5) is 18.2. The minimum atomic E-state index is -0.00162. The topological polar surface area (TPSA) is 66.0 Å². The van der Waals surface area contributed by atoms with Crippen molar-refractivity contribution in [3.63, 3.8) is 0 Å². The zero-order valence-electron chi connectivity index (χ0n) is 17.6. The average molecular weight is 387 g/mol. The number of nitrogens with one attached hydrogen (secondary N) is 2. The van der Waals surface area contributed by atoms with Crippen LogP contribution in [0, 0.1) is 5.41 Å². The third-order valence-corrected chi connectivity index (χ3v) is 5.82. The van der Waals surface area contributed by atoms with E-state index < -0.39 is 0 Å². The maximum atomic E-state index is 12.1. The van der Waals surface area contributed by atoms with Crippen molar-refractivity contribution in [2.75, 3.05) is 27.2 Å². The first-order valence-electron chi connectivity index (χ1n) is 10.3. The zero-order chi connectivity index (χ0) is 20.1. The maximum Gasteiger partial charge on any atom is 0.243 e. The number of carbonyl (C=O) groups excluding carboxylic acids is 1. The van der Waals surface area contributed by atoms with Crippen molar-refractivity contribution in [1.82, 2.24) is 15.5 Å². The van der Waals surface area contributed by atoms with E-state index in [9.17, 15) is 4.79 Å². The van der Waals surface area contributed by atoms with Crippen LogP contribution in [0.4, 0.5) is 0 Å². The normalized spacial score (nSPS) is 22.0. The second-order valence-corrected chi connectivity index (χ2v) is 8.91. The molecular formula is C22H34N4O2. The number of fused-ring (bicyclic) bond motifs is 1. The van der Waals surface area contributed by atoms with E-state index in [1.54, 1.807) is 19.0 Å². The van der Waals surface area contributed by atoms with Crippen LogP contribution in [0.1, 0.15) is 57.6 Å². The molecule has 1 aromatic rings. The number of hydrogen-bond donors (Lipinski definition) is 2. The standard InChI is InChI=1S/C22H34N4O2/c1-22(2)12-9-16(10-13-22)24-21(23-15-20(27)26(3)4)25-18-11-14-28-19-8-6-5-7-17(18)19/h5-8,16,18H,9-15H2,1-4H3,(H2,23,24,25). The van der Waals surface area contributed by atoms with Gasteiger partial charge in [-0.25, -0.2) is 4.99 Å². The van der Waals surface area contributed by atoms with Crippen molar-refractivity contribution in [1.29, 1.82) is 0 Å². The van der Waals surface area contributed by atoms with Crippen LogP contribution in [-0.2, 0) is 4.79 Å². The number of amides is 1. The Labute approximate surface area is 168 Å².